The molecule has 0 fully saturated rings. The third-order valence-electron chi connectivity index (χ3n) is 1.86. The van der Waals surface area contributed by atoms with Crippen LogP contribution in [0.1, 0.15) is 18.4 Å². The van der Waals surface area contributed by atoms with E-state index in [4.69, 9.17) is 11.6 Å². The highest BCUT2D eigenvalue weighted by atomic mass is 35.5. The summed E-state index contributed by atoms with van der Waals surface area (Å²) in [7, 11) is 0. The Kier molecular flexibility index (Phi) is 3.97. The molecule has 0 spiro atoms. The van der Waals surface area contributed by atoms with Crippen molar-refractivity contribution in [1.82, 2.24) is 0 Å². The standard InChI is InChI=1S/C11H12ClF/c1-2-3-4-5-9-6-7-10(12)11(13)8-9/h2,6-8H,1,3-5H2. The van der Waals surface area contributed by atoms with Gasteiger partial charge in [-0.15, -0.1) is 6.58 Å². The van der Waals surface area contributed by atoms with Gasteiger partial charge in [0.25, 0.3) is 0 Å². The van der Waals surface area contributed by atoms with Crippen LogP contribution in [0.15, 0.2) is 30.9 Å². The van der Waals surface area contributed by atoms with E-state index < -0.39 is 0 Å². The lowest BCUT2D eigenvalue weighted by atomic mass is 10.1. The Balaban J connectivity index is 2.57. The smallest absolute Gasteiger partial charge is 0.142 e. The molecular formula is C11H12ClF. The summed E-state index contributed by atoms with van der Waals surface area (Å²) in [5, 5.41) is 0.187. The van der Waals surface area contributed by atoms with Crippen LogP contribution in [0.2, 0.25) is 5.02 Å². The molecule has 70 valence electrons. The number of hydrogen-bond donors (Lipinski definition) is 0. The van der Waals surface area contributed by atoms with E-state index in [1.54, 1.807) is 6.07 Å². The summed E-state index contributed by atoms with van der Waals surface area (Å²) in [6.45, 7) is 3.63. The Morgan fingerprint density at radius 3 is 2.85 bits per heavy atom. The van der Waals surface area contributed by atoms with Gasteiger partial charge in [0.2, 0.25) is 0 Å². The van der Waals surface area contributed by atoms with Crippen LogP contribution >= 0.6 is 11.6 Å². The third kappa shape index (κ3) is 3.19. The van der Waals surface area contributed by atoms with Crippen molar-refractivity contribution in [2.24, 2.45) is 0 Å². The zero-order valence-electron chi connectivity index (χ0n) is 7.39. The maximum atomic E-state index is 12.9. The minimum atomic E-state index is -0.335. The molecule has 0 N–H and O–H groups in total. The highest BCUT2D eigenvalue weighted by Gasteiger charge is 1.99. The van der Waals surface area contributed by atoms with Gasteiger partial charge < -0.3 is 0 Å². The Bertz CT molecular complexity index is 294. The second-order valence-corrected chi connectivity index (χ2v) is 3.34. The van der Waals surface area contributed by atoms with Gasteiger partial charge >= 0.3 is 0 Å². The van der Waals surface area contributed by atoms with Crippen LogP contribution in [0.3, 0.4) is 0 Å². The molecule has 1 aromatic rings. The SMILES string of the molecule is C=CCCCc1ccc(Cl)c(F)c1. The number of benzene rings is 1. The number of unbranched alkanes of at least 4 members (excludes halogenated alkanes) is 1. The molecule has 0 aliphatic rings. The Morgan fingerprint density at radius 2 is 2.23 bits per heavy atom. The van der Waals surface area contributed by atoms with Crippen LogP contribution in [-0.4, -0.2) is 0 Å². The van der Waals surface area contributed by atoms with E-state index in [2.05, 4.69) is 6.58 Å². The zero-order valence-corrected chi connectivity index (χ0v) is 8.15. The van der Waals surface area contributed by atoms with E-state index in [1.165, 1.54) is 6.07 Å². The van der Waals surface area contributed by atoms with E-state index in [0.717, 1.165) is 24.8 Å². The molecule has 0 bridgehead atoms. The van der Waals surface area contributed by atoms with Gasteiger partial charge in [-0.2, -0.15) is 0 Å². The van der Waals surface area contributed by atoms with E-state index >= 15 is 0 Å². The summed E-state index contributed by atoms with van der Waals surface area (Å²) in [5.74, 6) is -0.335. The Labute approximate surface area is 83.0 Å². The first-order valence-electron chi connectivity index (χ1n) is 4.29. The maximum absolute atomic E-state index is 12.9. The van der Waals surface area contributed by atoms with Gasteiger partial charge in [0.1, 0.15) is 5.82 Å². The molecule has 0 aromatic heterocycles. The number of halogens is 2. The highest BCUT2D eigenvalue weighted by Crippen LogP contribution is 2.16. The van der Waals surface area contributed by atoms with E-state index in [1.807, 2.05) is 12.1 Å². The molecule has 2 heteroatoms. The van der Waals surface area contributed by atoms with Crippen LogP contribution in [0.25, 0.3) is 0 Å². The fourth-order valence-corrected chi connectivity index (χ4v) is 1.26. The lowest BCUT2D eigenvalue weighted by molar-refractivity contribution is 0.625. The van der Waals surface area contributed by atoms with E-state index in [9.17, 15) is 4.39 Å². The molecule has 0 heterocycles. The van der Waals surface area contributed by atoms with Gasteiger partial charge in [0.05, 0.1) is 5.02 Å². The average molecular weight is 199 g/mol. The summed E-state index contributed by atoms with van der Waals surface area (Å²) >= 11 is 5.55. The highest BCUT2D eigenvalue weighted by molar-refractivity contribution is 6.30. The first-order chi connectivity index (χ1) is 6.24. The molecule has 0 unspecified atom stereocenters. The topological polar surface area (TPSA) is 0 Å². The fraction of sp³-hybridized carbons (Fsp3) is 0.273. The largest absolute Gasteiger partial charge is 0.205 e. The van der Waals surface area contributed by atoms with Crippen molar-refractivity contribution in [3.8, 4) is 0 Å². The van der Waals surface area contributed by atoms with Gasteiger partial charge in [-0.25, -0.2) is 4.39 Å². The van der Waals surface area contributed by atoms with E-state index in [-0.39, 0.29) is 10.8 Å². The van der Waals surface area contributed by atoms with Crippen molar-refractivity contribution in [2.45, 2.75) is 19.3 Å². The summed E-state index contributed by atoms with van der Waals surface area (Å²) in [5.41, 5.74) is 0.990. The van der Waals surface area contributed by atoms with Gasteiger partial charge in [0, 0.05) is 0 Å². The molecule has 13 heavy (non-hydrogen) atoms. The molecule has 0 saturated heterocycles. The van der Waals surface area contributed by atoms with Crippen molar-refractivity contribution < 1.29 is 4.39 Å². The molecule has 0 radical (unpaired) electrons. The van der Waals surface area contributed by atoms with Crippen LogP contribution < -0.4 is 0 Å². The molecule has 1 aromatic carbocycles. The summed E-state index contributed by atoms with van der Waals surface area (Å²) in [6.07, 6.45) is 4.71. The predicted octanol–water partition coefficient (Wildman–Crippen LogP) is 3.99. The average Bonchev–Trinajstić information content (AvgIpc) is 2.12. The van der Waals surface area contributed by atoms with E-state index in [0.29, 0.717) is 0 Å². The maximum Gasteiger partial charge on any atom is 0.142 e. The molecule has 0 amide bonds. The fourth-order valence-electron chi connectivity index (χ4n) is 1.15. The second kappa shape index (κ2) is 5.03. The van der Waals surface area contributed by atoms with Gasteiger partial charge in [-0.1, -0.05) is 23.7 Å². The summed E-state index contributed by atoms with van der Waals surface area (Å²) in [4.78, 5) is 0. The number of hydrogen-bond acceptors (Lipinski definition) is 0. The number of aryl methyl sites for hydroxylation is 1. The molecule has 0 aliphatic carbocycles. The van der Waals surface area contributed by atoms with Crippen molar-refractivity contribution >= 4 is 11.6 Å². The first kappa shape index (κ1) is 10.3. The lowest BCUT2D eigenvalue weighted by Gasteiger charge is -2.00. The Hall–Kier alpha value is -0.820. The van der Waals surface area contributed by atoms with Crippen LogP contribution in [-0.2, 0) is 6.42 Å². The van der Waals surface area contributed by atoms with Crippen LogP contribution in [0.5, 0.6) is 0 Å². The molecule has 0 saturated carbocycles. The zero-order chi connectivity index (χ0) is 9.68. The Morgan fingerprint density at radius 1 is 1.46 bits per heavy atom. The van der Waals surface area contributed by atoms with Crippen molar-refractivity contribution in [3.63, 3.8) is 0 Å². The monoisotopic (exact) mass is 198 g/mol. The predicted molar refractivity (Wildman–Crippen MR) is 54.5 cm³/mol. The second-order valence-electron chi connectivity index (χ2n) is 2.93. The van der Waals surface area contributed by atoms with Crippen LogP contribution in [0, 0.1) is 5.82 Å². The third-order valence-corrected chi connectivity index (χ3v) is 2.16. The van der Waals surface area contributed by atoms with Crippen LogP contribution in [0.4, 0.5) is 4.39 Å². The van der Waals surface area contributed by atoms with Gasteiger partial charge in [0.15, 0.2) is 0 Å². The lowest BCUT2D eigenvalue weighted by Crippen LogP contribution is -1.86. The normalized spacial score (nSPS) is 10.0. The quantitative estimate of drug-likeness (QED) is 0.507. The summed E-state index contributed by atoms with van der Waals surface area (Å²) < 4.78 is 12.9. The number of rotatable bonds is 4. The first-order valence-corrected chi connectivity index (χ1v) is 4.66. The van der Waals surface area contributed by atoms with Gasteiger partial charge in [-0.3, -0.25) is 0 Å². The van der Waals surface area contributed by atoms with Crippen molar-refractivity contribution in [3.05, 3.63) is 47.3 Å². The number of allylic oxidation sites excluding steroid dienone is 1. The molecule has 1 rings (SSSR count). The molecular weight excluding hydrogens is 187 g/mol. The molecule has 0 atom stereocenters. The minimum Gasteiger partial charge on any atom is -0.205 e. The van der Waals surface area contributed by atoms with Crippen molar-refractivity contribution in [1.29, 1.82) is 0 Å². The van der Waals surface area contributed by atoms with Crippen molar-refractivity contribution in [2.75, 3.05) is 0 Å². The minimum absolute atomic E-state index is 0.187. The van der Waals surface area contributed by atoms with Gasteiger partial charge in [-0.05, 0) is 37.0 Å². The molecule has 0 nitrogen and oxygen atoms in total. The molecule has 0 aliphatic heterocycles. The summed E-state index contributed by atoms with van der Waals surface area (Å²) in [6, 6.07) is 4.94.